The molecule has 0 fully saturated rings. The van der Waals surface area contributed by atoms with Gasteiger partial charge in [0.2, 0.25) is 0 Å². The molecule has 3 N–H and O–H groups in total. The standard InChI is InChI=1S/C13H14BrN3O3/c1-3-20-13(18)7-6-16-12-9(19-2)5-4-8(14)10(12)11(7)17-15/h4-6H,3,15H2,1-2H3,(H,16,17). The van der Waals surface area contributed by atoms with E-state index in [9.17, 15) is 4.79 Å². The lowest BCUT2D eigenvalue weighted by atomic mass is 10.1. The smallest absolute Gasteiger partial charge is 0.341 e. The number of carbonyl (C=O) groups excluding carboxylic acids is 1. The van der Waals surface area contributed by atoms with Crippen molar-refractivity contribution in [2.75, 3.05) is 19.1 Å². The number of aromatic nitrogens is 1. The van der Waals surface area contributed by atoms with E-state index in [1.165, 1.54) is 6.20 Å². The van der Waals surface area contributed by atoms with Crippen molar-refractivity contribution in [3.8, 4) is 5.75 Å². The van der Waals surface area contributed by atoms with Crippen molar-refractivity contribution < 1.29 is 14.3 Å². The molecule has 0 amide bonds. The first-order valence-electron chi connectivity index (χ1n) is 5.93. The minimum Gasteiger partial charge on any atom is -0.494 e. The zero-order valence-electron chi connectivity index (χ0n) is 11.1. The van der Waals surface area contributed by atoms with Crippen molar-refractivity contribution in [1.82, 2.24) is 4.98 Å². The first kappa shape index (κ1) is 14.5. The maximum Gasteiger partial charge on any atom is 0.341 e. The monoisotopic (exact) mass is 339 g/mol. The molecule has 0 bridgehead atoms. The van der Waals surface area contributed by atoms with Crippen LogP contribution < -0.4 is 16.0 Å². The van der Waals surface area contributed by atoms with Gasteiger partial charge in [-0.05, 0) is 19.1 Å². The highest BCUT2D eigenvalue weighted by molar-refractivity contribution is 9.10. The quantitative estimate of drug-likeness (QED) is 0.505. The second kappa shape index (κ2) is 6.06. The predicted octanol–water partition coefficient (Wildman–Crippen LogP) is 2.47. The second-order valence-corrected chi connectivity index (χ2v) is 4.74. The van der Waals surface area contributed by atoms with E-state index >= 15 is 0 Å². The van der Waals surface area contributed by atoms with Gasteiger partial charge in [-0.25, -0.2) is 4.79 Å². The number of hydrogen-bond acceptors (Lipinski definition) is 6. The summed E-state index contributed by atoms with van der Waals surface area (Å²) in [4.78, 5) is 16.2. The number of carbonyl (C=O) groups is 1. The van der Waals surface area contributed by atoms with Crippen LogP contribution in [0.1, 0.15) is 17.3 Å². The highest BCUT2D eigenvalue weighted by Crippen LogP contribution is 2.36. The highest BCUT2D eigenvalue weighted by Gasteiger charge is 2.19. The van der Waals surface area contributed by atoms with Crippen molar-refractivity contribution in [2.45, 2.75) is 6.92 Å². The number of nitrogens with two attached hydrogens (primary N) is 1. The summed E-state index contributed by atoms with van der Waals surface area (Å²) < 4.78 is 11.0. The fourth-order valence-electron chi connectivity index (χ4n) is 1.92. The average Bonchev–Trinajstić information content (AvgIpc) is 2.46. The number of esters is 1. The molecule has 1 aromatic carbocycles. The molecule has 0 unspecified atom stereocenters. The second-order valence-electron chi connectivity index (χ2n) is 3.88. The summed E-state index contributed by atoms with van der Waals surface area (Å²) in [6.45, 7) is 2.01. The van der Waals surface area contributed by atoms with E-state index in [1.807, 2.05) is 0 Å². The summed E-state index contributed by atoms with van der Waals surface area (Å²) >= 11 is 3.43. The Hall–Kier alpha value is -1.86. The Morgan fingerprint density at radius 1 is 1.50 bits per heavy atom. The lowest BCUT2D eigenvalue weighted by molar-refractivity contribution is 0.0527. The number of fused-ring (bicyclic) bond motifs is 1. The molecule has 0 aliphatic rings. The van der Waals surface area contributed by atoms with Gasteiger partial charge in [0.05, 0.1) is 19.4 Å². The molecule has 0 atom stereocenters. The van der Waals surface area contributed by atoms with Gasteiger partial charge in [0, 0.05) is 16.1 Å². The van der Waals surface area contributed by atoms with E-state index < -0.39 is 5.97 Å². The Bertz CT molecular complexity index is 661. The normalized spacial score (nSPS) is 10.4. The minimum atomic E-state index is -0.482. The molecule has 2 aromatic rings. The maximum absolute atomic E-state index is 11.9. The lowest BCUT2D eigenvalue weighted by Crippen LogP contribution is -2.15. The van der Waals surface area contributed by atoms with Gasteiger partial charge in [0.1, 0.15) is 16.8 Å². The number of pyridine rings is 1. The first-order valence-corrected chi connectivity index (χ1v) is 6.72. The van der Waals surface area contributed by atoms with Crippen LogP contribution in [-0.2, 0) is 4.74 Å². The summed E-state index contributed by atoms with van der Waals surface area (Å²) in [5.74, 6) is 5.67. The van der Waals surface area contributed by atoms with E-state index in [4.69, 9.17) is 15.3 Å². The van der Waals surface area contributed by atoms with Gasteiger partial charge < -0.3 is 14.9 Å². The summed E-state index contributed by atoms with van der Waals surface area (Å²) in [5, 5.41) is 0.664. The molecule has 6 nitrogen and oxygen atoms in total. The molecule has 1 heterocycles. The average molecular weight is 340 g/mol. The summed E-state index contributed by atoms with van der Waals surface area (Å²) in [5.41, 5.74) is 3.86. The fraction of sp³-hybridized carbons (Fsp3) is 0.231. The number of nitrogens with one attached hydrogen (secondary N) is 1. The van der Waals surface area contributed by atoms with E-state index in [2.05, 4.69) is 26.3 Å². The summed E-state index contributed by atoms with van der Waals surface area (Å²) in [7, 11) is 1.55. The Morgan fingerprint density at radius 2 is 2.25 bits per heavy atom. The summed E-state index contributed by atoms with van der Waals surface area (Å²) in [6.07, 6.45) is 1.42. The lowest BCUT2D eigenvalue weighted by Gasteiger charge is -2.14. The number of benzene rings is 1. The number of methoxy groups -OCH3 is 1. The molecule has 0 saturated heterocycles. The number of ether oxygens (including phenoxy) is 2. The molecule has 0 radical (unpaired) electrons. The van der Waals surface area contributed by atoms with Gasteiger partial charge in [-0.1, -0.05) is 15.9 Å². The predicted molar refractivity (Wildman–Crippen MR) is 79.8 cm³/mol. The molecule has 106 valence electrons. The zero-order valence-corrected chi connectivity index (χ0v) is 12.7. The van der Waals surface area contributed by atoms with Gasteiger partial charge in [-0.15, -0.1) is 0 Å². The third-order valence-electron chi connectivity index (χ3n) is 2.79. The Kier molecular flexibility index (Phi) is 4.41. The topological polar surface area (TPSA) is 86.5 Å². The van der Waals surface area contributed by atoms with Crippen molar-refractivity contribution in [3.63, 3.8) is 0 Å². The molecule has 0 saturated carbocycles. The van der Waals surface area contributed by atoms with Crippen LogP contribution in [-0.4, -0.2) is 24.7 Å². The third-order valence-corrected chi connectivity index (χ3v) is 3.45. The number of nitrogen functional groups attached to an aromatic ring is 1. The van der Waals surface area contributed by atoms with Gasteiger partial charge in [0.25, 0.3) is 0 Å². The highest BCUT2D eigenvalue weighted by atomic mass is 79.9. The van der Waals surface area contributed by atoms with E-state index in [0.29, 0.717) is 22.3 Å². The molecular weight excluding hydrogens is 326 g/mol. The molecule has 0 aliphatic heterocycles. The molecule has 1 aromatic heterocycles. The van der Waals surface area contributed by atoms with Crippen molar-refractivity contribution in [3.05, 3.63) is 28.4 Å². The van der Waals surface area contributed by atoms with Crippen LogP contribution in [0.15, 0.2) is 22.8 Å². The first-order chi connectivity index (χ1) is 9.63. The molecule has 2 rings (SSSR count). The molecule has 7 heteroatoms. The Balaban J connectivity index is 2.76. The third kappa shape index (κ3) is 2.41. The molecule has 20 heavy (non-hydrogen) atoms. The van der Waals surface area contributed by atoms with E-state index in [1.54, 1.807) is 26.2 Å². The zero-order chi connectivity index (χ0) is 14.7. The molecule has 0 spiro atoms. The Labute approximate surface area is 124 Å². The van der Waals surface area contributed by atoms with Crippen LogP contribution in [0.5, 0.6) is 5.75 Å². The Morgan fingerprint density at radius 3 is 2.85 bits per heavy atom. The van der Waals surface area contributed by atoms with Crippen molar-refractivity contribution in [2.24, 2.45) is 5.84 Å². The van der Waals surface area contributed by atoms with Crippen molar-refractivity contribution in [1.29, 1.82) is 0 Å². The fourth-order valence-corrected chi connectivity index (χ4v) is 2.44. The van der Waals surface area contributed by atoms with Gasteiger partial charge in [-0.3, -0.25) is 10.8 Å². The van der Waals surface area contributed by atoms with Crippen LogP contribution in [0.4, 0.5) is 5.69 Å². The number of hydrazine groups is 1. The van der Waals surface area contributed by atoms with Crippen LogP contribution >= 0.6 is 15.9 Å². The van der Waals surface area contributed by atoms with Gasteiger partial charge >= 0.3 is 5.97 Å². The van der Waals surface area contributed by atoms with Crippen LogP contribution in [0.2, 0.25) is 0 Å². The van der Waals surface area contributed by atoms with E-state index in [0.717, 1.165) is 4.47 Å². The van der Waals surface area contributed by atoms with Crippen molar-refractivity contribution >= 4 is 38.5 Å². The van der Waals surface area contributed by atoms with Crippen LogP contribution in [0, 0.1) is 0 Å². The van der Waals surface area contributed by atoms with Crippen LogP contribution in [0.3, 0.4) is 0 Å². The largest absolute Gasteiger partial charge is 0.494 e. The number of anilines is 1. The van der Waals surface area contributed by atoms with Gasteiger partial charge in [0.15, 0.2) is 0 Å². The number of hydrogen-bond donors (Lipinski definition) is 2. The number of halogens is 1. The number of rotatable bonds is 4. The minimum absolute atomic E-state index is 0.274. The van der Waals surface area contributed by atoms with Crippen LogP contribution in [0.25, 0.3) is 10.9 Å². The summed E-state index contributed by atoms with van der Waals surface area (Å²) in [6, 6.07) is 3.59. The SMILES string of the molecule is CCOC(=O)c1cnc2c(OC)ccc(Br)c2c1NN. The molecular formula is C13H14BrN3O3. The van der Waals surface area contributed by atoms with Gasteiger partial charge in [-0.2, -0.15) is 0 Å². The van der Waals surface area contributed by atoms with E-state index in [-0.39, 0.29) is 12.2 Å². The number of nitrogens with zero attached hydrogens (tertiary/aromatic N) is 1. The maximum atomic E-state index is 11.9. The molecule has 0 aliphatic carbocycles.